The number of aromatic nitrogens is 1. The van der Waals surface area contributed by atoms with E-state index in [1.807, 2.05) is 6.07 Å². The zero-order valence-corrected chi connectivity index (χ0v) is 11.1. The predicted octanol–water partition coefficient (Wildman–Crippen LogP) is 4.72. The van der Waals surface area contributed by atoms with Crippen LogP contribution in [0.5, 0.6) is 5.88 Å². The number of hydrogen-bond donors (Lipinski definition) is 0. The van der Waals surface area contributed by atoms with Gasteiger partial charge in [0.2, 0.25) is 5.88 Å². The summed E-state index contributed by atoms with van der Waals surface area (Å²) in [6, 6.07) is 6.95. The van der Waals surface area contributed by atoms with Crippen molar-refractivity contribution in [3.05, 3.63) is 45.5 Å². The van der Waals surface area contributed by atoms with Crippen LogP contribution in [-0.4, -0.2) is 12.1 Å². The maximum atomic E-state index is 6.13. The van der Waals surface area contributed by atoms with Crippen LogP contribution in [-0.2, 0) is 0 Å². The van der Waals surface area contributed by atoms with Crippen LogP contribution in [0.25, 0.3) is 11.1 Å². The van der Waals surface area contributed by atoms with E-state index < -0.39 is 0 Å². The maximum absolute atomic E-state index is 6.13. The molecule has 0 amide bonds. The SMILES string of the molecule is COc1cc(-c2cc(Cl)c(Cl)cc2Cl)ccn1. The summed E-state index contributed by atoms with van der Waals surface area (Å²) in [7, 11) is 1.56. The molecule has 0 atom stereocenters. The lowest BCUT2D eigenvalue weighted by Gasteiger charge is -2.07. The van der Waals surface area contributed by atoms with Gasteiger partial charge in [0.1, 0.15) is 0 Å². The molecule has 0 bridgehead atoms. The summed E-state index contributed by atoms with van der Waals surface area (Å²) in [6.07, 6.45) is 1.65. The lowest BCUT2D eigenvalue weighted by Crippen LogP contribution is -1.88. The van der Waals surface area contributed by atoms with Gasteiger partial charge in [-0.2, -0.15) is 0 Å². The minimum absolute atomic E-state index is 0.432. The van der Waals surface area contributed by atoms with Gasteiger partial charge in [0, 0.05) is 22.8 Å². The first-order chi connectivity index (χ1) is 8.11. The summed E-state index contributed by atoms with van der Waals surface area (Å²) in [4.78, 5) is 4.03. The van der Waals surface area contributed by atoms with Crippen molar-refractivity contribution in [2.45, 2.75) is 0 Å². The van der Waals surface area contributed by atoms with Gasteiger partial charge < -0.3 is 4.74 Å². The lowest BCUT2D eigenvalue weighted by atomic mass is 10.1. The van der Waals surface area contributed by atoms with Crippen molar-refractivity contribution in [2.24, 2.45) is 0 Å². The first kappa shape index (κ1) is 12.5. The molecule has 17 heavy (non-hydrogen) atoms. The van der Waals surface area contributed by atoms with Crippen LogP contribution >= 0.6 is 34.8 Å². The number of halogens is 3. The van der Waals surface area contributed by atoms with Gasteiger partial charge in [-0.25, -0.2) is 4.98 Å². The minimum atomic E-state index is 0.432. The molecule has 0 fully saturated rings. The van der Waals surface area contributed by atoms with Crippen LogP contribution in [0.2, 0.25) is 15.1 Å². The predicted molar refractivity (Wildman–Crippen MR) is 71.3 cm³/mol. The normalized spacial score (nSPS) is 10.4. The molecule has 0 aliphatic carbocycles. The third-order valence-electron chi connectivity index (χ3n) is 2.26. The first-order valence-electron chi connectivity index (χ1n) is 4.77. The van der Waals surface area contributed by atoms with E-state index in [1.165, 1.54) is 0 Å². The third kappa shape index (κ3) is 2.65. The molecule has 1 heterocycles. The second kappa shape index (κ2) is 5.13. The molecular formula is C12H8Cl3NO. The second-order valence-corrected chi connectivity index (χ2v) is 4.55. The number of nitrogens with zero attached hydrogens (tertiary/aromatic N) is 1. The maximum Gasteiger partial charge on any atom is 0.213 e. The fourth-order valence-electron chi connectivity index (χ4n) is 1.43. The summed E-state index contributed by atoms with van der Waals surface area (Å²) in [5.74, 6) is 0.518. The Morgan fingerprint density at radius 2 is 1.71 bits per heavy atom. The van der Waals surface area contributed by atoms with Crippen molar-refractivity contribution in [3.8, 4) is 17.0 Å². The third-order valence-corrected chi connectivity index (χ3v) is 3.30. The highest BCUT2D eigenvalue weighted by molar-refractivity contribution is 6.44. The molecule has 2 rings (SSSR count). The van der Waals surface area contributed by atoms with E-state index in [0.717, 1.165) is 11.1 Å². The van der Waals surface area contributed by atoms with E-state index in [1.54, 1.807) is 31.5 Å². The molecule has 0 N–H and O–H groups in total. The fourth-order valence-corrected chi connectivity index (χ4v) is 2.09. The molecule has 5 heteroatoms. The smallest absolute Gasteiger partial charge is 0.213 e. The van der Waals surface area contributed by atoms with Crippen molar-refractivity contribution < 1.29 is 4.74 Å². The van der Waals surface area contributed by atoms with Gasteiger partial charge in [-0.1, -0.05) is 34.8 Å². The van der Waals surface area contributed by atoms with E-state index in [9.17, 15) is 0 Å². The number of methoxy groups -OCH3 is 1. The molecule has 0 saturated heterocycles. The summed E-state index contributed by atoms with van der Waals surface area (Å²) < 4.78 is 5.06. The van der Waals surface area contributed by atoms with Gasteiger partial charge in [0.05, 0.1) is 17.2 Å². The Morgan fingerprint density at radius 1 is 1.00 bits per heavy atom. The van der Waals surface area contributed by atoms with Crippen LogP contribution in [0.4, 0.5) is 0 Å². The van der Waals surface area contributed by atoms with Crippen molar-refractivity contribution in [1.29, 1.82) is 0 Å². The molecule has 0 saturated carbocycles. The molecule has 0 aliphatic rings. The monoisotopic (exact) mass is 287 g/mol. The summed E-state index contributed by atoms with van der Waals surface area (Å²) >= 11 is 18.0. The molecule has 1 aromatic carbocycles. The lowest BCUT2D eigenvalue weighted by molar-refractivity contribution is 0.398. The molecule has 0 aliphatic heterocycles. The summed E-state index contributed by atoms with van der Waals surface area (Å²) in [5, 5.41) is 1.43. The number of pyridine rings is 1. The number of benzene rings is 1. The van der Waals surface area contributed by atoms with Gasteiger partial charge in [-0.15, -0.1) is 0 Å². The van der Waals surface area contributed by atoms with E-state index >= 15 is 0 Å². The molecule has 0 radical (unpaired) electrons. The topological polar surface area (TPSA) is 22.1 Å². The number of ether oxygens (including phenoxy) is 1. The standard InChI is InChI=1S/C12H8Cl3NO/c1-17-12-4-7(2-3-16-12)8-5-10(14)11(15)6-9(8)13/h2-6H,1H3. The van der Waals surface area contributed by atoms with Crippen LogP contribution in [0.3, 0.4) is 0 Å². The van der Waals surface area contributed by atoms with Crippen LogP contribution in [0.1, 0.15) is 0 Å². The van der Waals surface area contributed by atoms with Gasteiger partial charge in [0.25, 0.3) is 0 Å². The van der Waals surface area contributed by atoms with Crippen molar-refractivity contribution in [1.82, 2.24) is 4.98 Å². The summed E-state index contributed by atoms with van der Waals surface area (Å²) in [6.45, 7) is 0. The molecule has 2 aromatic rings. The average molecular weight is 289 g/mol. The van der Waals surface area contributed by atoms with Gasteiger partial charge in [0.15, 0.2) is 0 Å². The number of rotatable bonds is 2. The van der Waals surface area contributed by atoms with E-state index in [0.29, 0.717) is 20.9 Å². The molecule has 0 unspecified atom stereocenters. The quantitative estimate of drug-likeness (QED) is 0.746. The highest BCUT2D eigenvalue weighted by Crippen LogP contribution is 2.35. The Labute approximate surface area is 114 Å². The van der Waals surface area contributed by atoms with Crippen molar-refractivity contribution >= 4 is 34.8 Å². The number of hydrogen-bond acceptors (Lipinski definition) is 2. The zero-order valence-electron chi connectivity index (χ0n) is 8.88. The highest BCUT2D eigenvalue weighted by Gasteiger charge is 2.09. The molecule has 0 spiro atoms. The van der Waals surface area contributed by atoms with Gasteiger partial charge in [-0.05, 0) is 23.8 Å². The summed E-state index contributed by atoms with van der Waals surface area (Å²) in [5.41, 5.74) is 1.67. The zero-order chi connectivity index (χ0) is 12.4. The second-order valence-electron chi connectivity index (χ2n) is 3.33. The highest BCUT2D eigenvalue weighted by atomic mass is 35.5. The molecule has 1 aromatic heterocycles. The Balaban J connectivity index is 2.56. The molecule has 88 valence electrons. The Bertz CT molecular complexity index is 557. The first-order valence-corrected chi connectivity index (χ1v) is 5.90. The minimum Gasteiger partial charge on any atom is -0.481 e. The Hall–Kier alpha value is -0.960. The van der Waals surface area contributed by atoms with Gasteiger partial charge >= 0.3 is 0 Å². The Morgan fingerprint density at radius 3 is 2.41 bits per heavy atom. The van der Waals surface area contributed by atoms with E-state index in [4.69, 9.17) is 39.5 Å². The largest absolute Gasteiger partial charge is 0.481 e. The molecule has 2 nitrogen and oxygen atoms in total. The van der Waals surface area contributed by atoms with Crippen LogP contribution in [0.15, 0.2) is 30.5 Å². The average Bonchev–Trinajstić information content (AvgIpc) is 2.34. The Kier molecular flexibility index (Phi) is 3.77. The van der Waals surface area contributed by atoms with Crippen LogP contribution < -0.4 is 4.74 Å². The van der Waals surface area contributed by atoms with E-state index in [2.05, 4.69) is 4.98 Å². The van der Waals surface area contributed by atoms with Gasteiger partial charge in [-0.3, -0.25) is 0 Å². The van der Waals surface area contributed by atoms with E-state index in [-0.39, 0.29) is 0 Å². The van der Waals surface area contributed by atoms with Crippen molar-refractivity contribution in [2.75, 3.05) is 7.11 Å². The molecular weight excluding hydrogens is 280 g/mol. The fraction of sp³-hybridized carbons (Fsp3) is 0.0833. The van der Waals surface area contributed by atoms with Crippen LogP contribution in [0, 0.1) is 0 Å². The van der Waals surface area contributed by atoms with Crippen molar-refractivity contribution in [3.63, 3.8) is 0 Å².